The Kier molecular flexibility index (Phi) is 5.94. The third-order valence-electron chi connectivity index (χ3n) is 3.61. The molecule has 1 N–H and O–H groups in total. The van der Waals surface area contributed by atoms with Crippen LogP contribution >= 0.6 is 0 Å². The highest BCUT2D eigenvalue weighted by molar-refractivity contribution is 5.88. The first-order chi connectivity index (χ1) is 9.77. The summed E-state index contributed by atoms with van der Waals surface area (Å²) in [7, 11) is 0. The molecule has 0 aliphatic rings. The number of unbranched alkanes of at least 4 members (excludes halogenated alkanes) is 2. The Balaban J connectivity index is 3.17. The Morgan fingerprint density at radius 3 is 2.43 bits per heavy atom. The lowest BCUT2D eigenvalue weighted by atomic mass is 9.79. The number of hydrogen-bond donors (Lipinski definition) is 1. The number of benzene rings is 1. The van der Waals surface area contributed by atoms with E-state index in [4.69, 9.17) is 9.84 Å². The van der Waals surface area contributed by atoms with Crippen LogP contribution in [0, 0.1) is 0 Å². The van der Waals surface area contributed by atoms with Gasteiger partial charge < -0.3 is 9.84 Å². The Morgan fingerprint density at radius 2 is 1.90 bits per heavy atom. The summed E-state index contributed by atoms with van der Waals surface area (Å²) in [6, 6.07) is 4.65. The molecule has 0 aromatic heterocycles. The molecule has 0 heterocycles. The summed E-state index contributed by atoms with van der Waals surface area (Å²) in [5.41, 5.74) is 0.740. The van der Waals surface area contributed by atoms with Crippen LogP contribution in [0.1, 0.15) is 69.3 Å². The molecule has 0 aliphatic heterocycles. The van der Waals surface area contributed by atoms with E-state index in [1.165, 1.54) is 13.0 Å². The van der Waals surface area contributed by atoms with E-state index in [1.807, 2.05) is 0 Å². The number of carboxylic acids is 1. The first-order valence-corrected chi connectivity index (χ1v) is 7.34. The van der Waals surface area contributed by atoms with Gasteiger partial charge in [0.1, 0.15) is 5.75 Å². The molecule has 116 valence electrons. The molecule has 0 radical (unpaired) electrons. The molecule has 0 unspecified atom stereocenters. The van der Waals surface area contributed by atoms with E-state index < -0.39 is 11.9 Å². The van der Waals surface area contributed by atoms with Crippen LogP contribution < -0.4 is 4.74 Å². The number of ether oxygens (including phenoxy) is 1. The molecule has 0 saturated carbocycles. The van der Waals surface area contributed by atoms with Crippen molar-refractivity contribution >= 4 is 11.9 Å². The molecule has 0 spiro atoms. The van der Waals surface area contributed by atoms with Gasteiger partial charge in [-0.1, -0.05) is 40.0 Å². The second-order valence-corrected chi connectivity index (χ2v) is 5.95. The topological polar surface area (TPSA) is 63.6 Å². The molecule has 0 saturated heterocycles. The average molecular weight is 292 g/mol. The first kappa shape index (κ1) is 17.2. The standard InChI is InChI=1S/C17H24O4/c1-5-6-7-10-17(3,4)14-11-13(16(19)20)8-9-15(14)21-12(2)18/h8-9,11H,5-7,10H2,1-4H3,(H,19,20). The molecule has 1 rings (SSSR count). The van der Waals surface area contributed by atoms with E-state index in [0.717, 1.165) is 31.2 Å². The molecule has 0 amide bonds. The summed E-state index contributed by atoms with van der Waals surface area (Å²) in [5.74, 6) is -0.923. The van der Waals surface area contributed by atoms with Crippen molar-refractivity contribution in [2.75, 3.05) is 0 Å². The molecule has 0 aliphatic carbocycles. The molecular formula is C17H24O4. The van der Waals surface area contributed by atoms with Crippen molar-refractivity contribution in [3.05, 3.63) is 29.3 Å². The van der Waals surface area contributed by atoms with Gasteiger partial charge in [0.2, 0.25) is 0 Å². The molecule has 1 aromatic carbocycles. The zero-order valence-electron chi connectivity index (χ0n) is 13.2. The van der Waals surface area contributed by atoms with Crippen LogP contribution in [-0.2, 0) is 10.2 Å². The number of hydrogen-bond acceptors (Lipinski definition) is 3. The maximum absolute atomic E-state index is 11.2. The smallest absolute Gasteiger partial charge is 0.335 e. The van der Waals surface area contributed by atoms with E-state index >= 15 is 0 Å². The van der Waals surface area contributed by atoms with Crippen LogP contribution in [0.25, 0.3) is 0 Å². The van der Waals surface area contributed by atoms with Crippen molar-refractivity contribution in [3.63, 3.8) is 0 Å². The average Bonchev–Trinajstić information content (AvgIpc) is 2.38. The zero-order valence-corrected chi connectivity index (χ0v) is 13.2. The maximum Gasteiger partial charge on any atom is 0.335 e. The molecule has 1 aromatic rings. The second kappa shape index (κ2) is 7.25. The fraction of sp³-hybridized carbons (Fsp3) is 0.529. The van der Waals surface area contributed by atoms with E-state index in [9.17, 15) is 9.59 Å². The van der Waals surface area contributed by atoms with Gasteiger partial charge >= 0.3 is 11.9 Å². The fourth-order valence-corrected chi connectivity index (χ4v) is 2.39. The number of carbonyl (C=O) groups is 2. The summed E-state index contributed by atoms with van der Waals surface area (Å²) >= 11 is 0. The largest absolute Gasteiger partial charge is 0.478 e. The fourth-order valence-electron chi connectivity index (χ4n) is 2.39. The molecule has 0 fully saturated rings. The van der Waals surface area contributed by atoms with Gasteiger partial charge in [0.25, 0.3) is 0 Å². The Morgan fingerprint density at radius 1 is 1.24 bits per heavy atom. The lowest BCUT2D eigenvalue weighted by Crippen LogP contribution is -2.20. The minimum atomic E-state index is -0.977. The van der Waals surface area contributed by atoms with Crippen molar-refractivity contribution in [2.45, 2.75) is 58.8 Å². The molecule has 4 nitrogen and oxygen atoms in total. The van der Waals surface area contributed by atoms with Crippen LogP contribution in [0.15, 0.2) is 18.2 Å². The predicted molar refractivity (Wildman–Crippen MR) is 81.9 cm³/mol. The van der Waals surface area contributed by atoms with E-state index in [1.54, 1.807) is 12.1 Å². The van der Waals surface area contributed by atoms with Gasteiger partial charge in [0, 0.05) is 12.5 Å². The number of rotatable bonds is 7. The van der Waals surface area contributed by atoms with Crippen LogP contribution in [0.4, 0.5) is 0 Å². The van der Waals surface area contributed by atoms with Gasteiger partial charge in [-0.25, -0.2) is 4.79 Å². The maximum atomic E-state index is 11.2. The quantitative estimate of drug-likeness (QED) is 0.465. The first-order valence-electron chi connectivity index (χ1n) is 7.34. The van der Waals surface area contributed by atoms with Crippen molar-refractivity contribution < 1.29 is 19.4 Å². The summed E-state index contributed by atoms with van der Waals surface area (Å²) in [6.07, 6.45) is 4.23. The predicted octanol–water partition coefficient (Wildman–Crippen LogP) is 4.17. The normalized spacial score (nSPS) is 11.2. The summed E-state index contributed by atoms with van der Waals surface area (Å²) < 4.78 is 5.24. The Hall–Kier alpha value is -1.84. The lowest BCUT2D eigenvalue weighted by Gasteiger charge is -2.27. The molecular weight excluding hydrogens is 268 g/mol. The van der Waals surface area contributed by atoms with Gasteiger partial charge in [-0.2, -0.15) is 0 Å². The van der Waals surface area contributed by atoms with Gasteiger partial charge in [0.15, 0.2) is 0 Å². The number of carbonyl (C=O) groups excluding carboxylic acids is 1. The number of esters is 1. The van der Waals surface area contributed by atoms with Gasteiger partial charge in [-0.05, 0) is 30.0 Å². The summed E-state index contributed by atoms with van der Waals surface area (Å²) in [6.45, 7) is 7.59. The molecule has 0 bridgehead atoms. The lowest BCUT2D eigenvalue weighted by molar-refractivity contribution is -0.131. The highest BCUT2D eigenvalue weighted by Gasteiger charge is 2.26. The highest BCUT2D eigenvalue weighted by Crippen LogP contribution is 2.36. The third-order valence-corrected chi connectivity index (χ3v) is 3.61. The van der Waals surface area contributed by atoms with Crippen LogP contribution in [0.3, 0.4) is 0 Å². The number of carboxylic acid groups (broad SMARTS) is 1. The van der Waals surface area contributed by atoms with Gasteiger partial charge in [0.05, 0.1) is 5.56 Å². The second-order valence-electron chi connectivity index (χ2n) is 5.95. The van der Waals surface area contributed by atoms with Gasteiger partial charge in [-0.15, -0.1) is 0 Å². The highest BCUT2D eigenvalue weighted by atomic mass is 16.5. The minimum absolute atomic E-state index is 0.212. The minimum Gasteiger partial charge on any atom is -0.478 e. The Bertz CT molecular complexity index is 518. The van der Waals surface area contributed by atoms with E-state index in [-0.39, 0.29) is 11.0 Å². The van der Waals surface area contributed by atoms with Crippen molar-refractivity contribution in [3.8, 4) is 5.75 Å². The van der Waals surface area contributed by atoms with Gasteiger partial charge in [-0.3, -0.25) is 4.79 Å². The van der Waals surface area contributed by atoms with Crippen molar-refractivity contribution in [1.82, 2.24) is 0 Å². The van der Waals surface area contributed by atoms with Crippen molar-refractivity contribution in [2.24, 2.45) is 0 Å². The number of aromatic carboxylic acids is 1. The molecule has 4 heteroatoms. The third kappa shape index (κ3) is 4.88. The van der Waals surface area contributed by atoms with Crippen LogP contribution in [0.5, 0.6) is 5.75 Å². The summed E-state index contributed by atoms with van der Waals surface area (Å²) in [4.78, 5) is 22.4. The van der Waals surface area contributed by atoms with E-state index in [2.05, 4.69) is 20.8 Å². The molecule has 21 heavy (non-hydrogen) atoms. The summed E-state index contributed by atoms with van der Waals surface area (Å²) in [5, 5.41) is 9.15. The van der Waals surface area contributed by atoms with Crippen LogP contribution in [-0.4, -0.2) is 17.0 Å². The Labute approximate surface area is 126 Å². The van der Waals surface area contributed by atoms with E-state index in [0.29, 0.717) is 5.75 Å². The van der Waals surface area contributed by atoms with Crippen LogP contribution in [0.2, 0.25) is 0 Å². The molecule has 0 atom stereocenters. The SMILES string of the molecule is CCCCCC(C)(C)c1cc(C(=O)O)ccc1OC(C)=O. The zero-order chi connectivity index (χ0) is 16.0. The monoisotopic (exact) mass is 292 g/mol. The van der Waals surface area contributed by atoms with Crippen molar-refractivity contribution in [1.29, 1.82) is 0 Å².